The van der Waals surface area contributed by atoms with Gasteiger partial charge in [-0.05, 0) is 6.07 Å². The number of fused-ring (bicyclic) bond motifs is 1. The van der Waals surface area contributed by atoms with E-state index < -0.39 is 11.6 Å². The van der Waals surface area contributed by atoms with Crippen molar-refractivity contribution in [3.63, 3.8) is 0 Å². The predicted molar refractivity (Wildman–Crippen MR) is 74.2 cm³/mol. The van der Waals surface area contributed by atoms with Gasteiger partial charge in [-0.15, -0.1) is 22.9 Å². The van der Waals surface area contributed by atoms with E-state index in [2.05, 4.69) is 9.97 Å². The standard InChI is InChI=1S/C13H9ClF2N2OS/c14-3-7-1-9-10(18-7)2-11(13(16)12(9)15)19-4-8-5-20-6-17-8/h1-2,5-6,18H,3-4H2. The van der Waals surface area contributed by atoms with Gasteiger partial charge in [0.15, 0.2) is 11.6 Å². The molecule has 0 fully saturated rings. The predicted octanol–water partition coefficient (Wildman–Crippen LogP) is 4.22. The number of aromatic nitrogens is 2. The second kappa shape index (κ2) is 5.38. The van der Waals surface area contributed by atoms with Crippen LogP contribution in [0.25, 0.3) is 10.9 Å². The van der Waals surface area contributed by atoms with E-state index in [9.17, 15) is 8.78 Å². The number of H-pyrrole nitrogens is 1. The lowest BCUT2D eigenvalue weighted by molar-refractivity contribution is 0.282. The summed E-state index contributed by atoms with van der Waals surface area (Å²) in [7, 11) is 0. The first kappa shape index (κ1) is 13.3. The molecule has 3 nitrogen and oxygen atoms in total. The summed E-state index contributed by atoms with van der Waals surface area (Å²) in [5, 5.41) is 1.95. The molecule has 0 aliphatic carbocycles. The van der Waals surface area contributed by atoms with Crippen LogP contribution in [-0.4, -0.2) is 9.97 Å². The monoisotopic (exact) mass is 314 g/mol. The maximum Gasteiger partial charge on any atom is 0.201 e. The third-order valence-corrected chi connectivity index (χ3v) is 3.75. The average molecular weight is 315 g/mol. The molecule has 1 aromatic carbocycles. The Labute approximate surface area is 122 Å². The van der Waals surface area contributed by atoms with Gasteiger partial charge in [-0.2, -0.15) is 4.39 Å². The lowest BCUT2D eigenvalue weighted by Gasteiger charge is -2.07. The highest BCUT2D eigenvalue weighted by Gasteiger charge is 2.17. The molecule has 3 aromatic rings. The Hall–Kier alpha value is -1.66. The lowest BCUT2D eigenvalue weighted by Crippen LogP contribution is -1.99. The fourth-order valence-electron chi connectivity index (χ4n) is 1.88. The second-order valence-electron chi connectivity index (χ2n) is 4.16. The molecule has 0 saturated heterocycles. The molecule has 104 valence electrons. The molecular formula is C13H9ClF2N2OS. The zero-order valence-corrected chi connectivity index (χ0v) is 11.7. The molecule has 0 radical (unpaired) electrons. The summed E-state index contributed by atoms with van der Waals surface area (Å²) >= 11 is 7.08. The summed E-state index contributed by atoms with van der Waals surface area (Å²) in [6.07, 6.45) is 0. The van der Waals surface area contributed by atoms with Gasteiger partial charge in [-0.25, -0.2) is 9.37 Å². The van der Waals surface area contributed by atoms with Gasteiger partial charge in [0.05, 0.1) is 22.6 Å². The van der Waals surface area contributed by atoms with E-state index in [0.29, 0.717) is 16.9 Å². The summed E-state index contributed by atoms with van der Waals surface area (Å²) in [5.41, 5.74) is 3.39. The van der Waals surface area contributed by atoms with E-state index in [1.165, 1.54) is 23.5 Å². The minimum Gasteiger partial charge on any atom is -0.484 e. The van der Waals surface area contributed by atoms with Gasteiger partial charge in [0.2, 0.25) is 5.82 Å². The summed E-state index contributed by atoms with van der Waals surface area (Å²) in [4.78, 5) is 6.93. The van der Waals surface area contributed by atoms with E-state index in [-0.39, 0.29) is 23.6 Å². The molecule has 2 aromatic heterocycles. The molecule has 20 heavy (non-hydrogen) atoms. The fraction of sp³-hybridized carbons (Fsp3) is 0.154. The number of nitrogens with one attached hydrogen (secondary N) is 1. The number of rotatable bonds is 4. The van der Waals surface area contributed by atoms with Gasteiger partial charge >= 0.3 is 0 Å². The van der Waals surface area contributed by atoms with Crippen LogP contribution in [0.2, 0.25) is 0 Å². The van der Waals surface area contributed by atoms with Crippen molar-refractivity contribution in [3.05, 3.63) is 46.0 Å². The average Bonchev–Trinajstić information content (AvgIpc) is 3.10. The molecule has 0 unspecified atom stereocenters. The first-order valence-corrected chi connectivity index (χ1v) is 7.22. The van der Waals surface area contributed by atoms with Gasteiger partial charge in [0.1, 0.15) is 6.61 Å². The molecule has 0 aliphatic heterocycles. The van der Waals surface area contributed by atoms with Crippen LogP contribution in [0.15, 0.2) is 23.0 Å². The Morgan fingerprint density at radius 1 is 1.30 bits per heavy atom. The molecule has 0 spiro atoms. The maximum absolute atomic E-state index is 13.9. The molecule has 0 saturated carbocycles. The van der Waals surface area contributed by atoms with E-state index in [1.54, 1.807) is 10.9 Å². The van der Waals surface area contributed by atoms with Crippen molar-refractivity contribution >= 4 is 33.8 Å². The number of aromatic amines is 1. The summed E-state index contributed by atoms with van der Waals surface area (Å²) in [6, 6.07) is 2.92. The topological polar surface area (TPSA) is 37.9 Å². The van der Waals surface area contributed by atoms with Crippen LogP contribution in [0.5, 0.6) is 5.75 Å². The first-order chi connectivity index (χ1) is 9.69. The molecule has 0 amide bonds. The quantitative estimate of drug-likeness (QED) is 0.732. The van der Waals surface area contributed by atoms with Crippen LogP contribution >= 0.6 is 22.9 Å². The smallest absolute Gasteiger partial charge is 0.201 e. The van der Waals surface area contributed by atoms with Gasteiger partial charge in [-0.3, -0.25) is 0 Å². The first-order valence-electron chi connectivity index (χ1n) is 5.74. The maximum atomic E-state index is 13.9. The Balaban J connectivity index is 1.96. The van der Waals surface area contributed by atoms with Crippen molar-refractivity contribution < 1.29 is 13.5 Å². The molecule has 0 atom stereocenters. The minimum atomic E-state index is -1.01. The third-order valence-electron chi connectivity index (χ3n) is 2.83. The summed E-state index contributed by atoms with van der Waals surface area (Å²) in [5.74, 6) is -1.90. The lowest BCUT2D eigenvalue weighted by atomic mass is 10.2. The number of hydrogen-bond donors (Lipinski definition) is 1. The van der Waals surface area contributed by atoms with E-state index >= 15 is 0 Å². The van der Waals surface area contributed by atoms with Gasteiger partial charge in [0.25, 0.3) is 0 Å². The number of thiazole rings is 1. The number of ether oxygens (including phenoxy) is 1. The molecule has 2 heterocycles. The van der Waals surface area contributed by atoms with Crippen molar-refractivity contribution in [2.45, 2.75) is 12.5 Å². The SMILES string of the molecule is Fc1c(OCc2cscn2)cc2[nH]c(CCl)cc2c1F. The van der Waals surface area contributed by atoms with Crippen molar-refractivity contribution in [2.24, 2.45) is 0 Å². The van der Waals surface area contributed by atoms with Gasteiger partial charge < -0.3 is 9.72 Å². The van der Waals surface area contributed by atoms with Gasteiger partial charge in [-0.1, -0.05) is 0 Å². The van der Waals surface area contributed by atoms with Crippen LogP contribution in [0.1, 0.15) is 11.4 Å². The Morgan fingerprint density at radius 3 is 2.85 bits per heavy atom. The van der Waals surface area contributed by atoms with Crippen molar-refractivity contribution in [1.29, 1.82) is 0 Å². The highest BCUT2D eigenvalue weighted by molar-refractivity contribution is 7.07. The minimum absolute atomic E-state index is 0.0917. The number of hydrogen-bond acceptors (Lipinski definition) is 3. The normalized spacial score (nSPS) is 11.2. The number of alkyl halides is 1. The van der Waals surface area contributed by atoms with E-state index in [0.717, 1.165) is 0 Å². The molecule has 1 N–H and O–H groups in total. The number of halogens is 3. The Morgan fingerprint density at radius 2 is 2.15 bits per heavy atom. The molecule has 3 rings (SSSR count). The Bertz CT molecular complexity index is 742. The van der Waals surface area contributed by atoms with Crippen LogP contribution in [0.4, 0.5) is 8.78 Å². The van der Waals surface area contributed by atoms with Crippen molar-refractivity contribution in [3.8, 4) is 5.75 Å². The molecular weight excluding hydrogens is 306 g/mol. The molecule has 0 bridgehead atoms. The van der Waals surface area contributed by atoms with Crippen LogP contribution in [0, 0.1) is 11.6 Å². The summed E-state index contributed by atoms with van der Waals surface area (Å²) in [6.45, 7) is 0.0917. The highest BCUT2D eigenvalue weighted by Crippen LogP contribution is 2.30. The third kappa shape index (κ3) is 2.36. The van der Waals surface area contributed by atoms with Crippen LogP contribution in [-0.2, 0) is 12.5 Å². The zero-order valence-electron chi connectivity index (χ0n) is 10.1. The van der Waals surface area contributed by atoms with Crippen molar-refractivity contribution in [2.75, 3.05) is 0 Å². The second-order valence-corrected chi connectivity index (χ2v) is 5.15. The summed E-state index contributed by atoms with van der Waals surface area (Å²) < 4.78 is 33.1. The van der Waals surface area contributed by atoms with Crippen LogP contribution in [0.3, 0.4) is 0 Å². The molecule has 7 heteroatoms. The van der Waals surface area contributed by atoms with E-state index in [4.69, 9.17) is 16.3 Å². The van der Waals surface area contributed by atoms with Crippen LogP contribution < -0.4 is 4.74 Å². The zero-order chi connectivity index (χ0) is 14.1. The number of benzene rings is 1. The number of nitrogens with zero attached hydrogens (tertiary/aromatic N) is 1. The molecule has 0 aliphatic rings. The Kier molecular flexibility index (Phi) is 3.58. The van der Waals surface area contributed by atoms with Gasteiger partial charge in [0, 0.05) is 22.5 Å². The largest absolute Gasteiger partial charge is 0.484 e. The fourth-order valence-corrected chi connectivity index (χ4v) is 2.57. The van der Waals surface area contributed by atoms with E-state index in [1.807, 2.05) is 0 Å². The van der Waals surface area contributed by atoms with Crippen molar-refractivity contribution in [1.82, 2.24) is 9.97 Å². The highest BCUT2D eigenvalue weighted by atomic mass is 35.5.